The summed E-state index contributed by atoms with van der Waals surface area (Å²) in [5, 5.41) is 0. The van der Waals surface area contributed by atoms with Gasteiger partial charge in [-0.3, -0.25) is 9.10 Å². The fourth-order valence-electron chi connectivity index (χ4n) is 3.06. The summed E-state index contributed by atoms with van der Waals surface area (Å²) in [5.74, 6) is -1.09. The van der Waals surface area contributed by atoms with Crippen LogP contribution < -0.4 is 10.0 Å². The minimum atomic E-state index is -5.22. The van der Waals surface area contributed by atoms with Crippen molar-refractivity contribution in [3.05, 3.63) is 59.2 Å². The van der Waals surface area contributed by atoms with Gasteiger partial charge in [0.25, 0.3) is 10.0 Å². The summed E-state index contributed by atoms with van der Waals surface area (Å²) in [6.07, 6.45) is -10.6. The molecule has 0 bridgehead atoms. The smallest absolute Gasteiger partial charge is 0.368 e. The molecule has 156 valence electrons. The number of hydrogen-bond acceptors (Lipinski definition) is 3. The second-order valence-electron chi connectivity index (χ2n) is 6.29. The van der Waals surface area contributed by atoms with Crippen molar-refractivity contribution >= 4 is 21.6 Å². The number of primary amides is 1. The van der Waals surface area contributed by atoms with Gasteiger partial charge in [-0.15, -0.1) is 0 Å². The lowest BCUT2D eigenvalue weighted by Gasteiger charge is -2.25. The second-order valence-corrected chi connectivity index (χ2v) is 8.11. The molecule has 0 spiro atoms. The van der Waals surface area contributed by atoms with Gasteiger partial charge in [0.15, 0.2) is 0 Å². The lowest BCUT2D eigenvalue weighted by molar-refractivity contribution is -0.143. The van der Waals surface area contributed by atoms with E-state index in [-0.39, 0.29) is 30.3 Å². The van der Waals surface area contributed by atoms with Crippen molar-refractivity contribution in [2.45, 2.75) is 29.7 Å². The largest absolute Gasteiger partial charge is 0.416 e. The van der Waals surface area contributed by atoms with E-state index in [1.165, 1.54) is 18.2 Å². The molecule has 1 heterocycles. The number of carbonyl (C=O) groups is 1. The Kier molecular flexibility index (Phi) is 4.80. The fourth-order valence-corrected chi connectivity index (χ4v) is 4.79. The Hall–Kier alpha value is -2.76. The SMILES string of the molecule is NC(=O)[C@@H]1Cc2ccccc2N1S(=O)(=O)c1cc(C(F)(F)F)cc(C(F)(F)F)c1. The highest BCUT2D eigenvalue weighted by Crippen LogP contribution is 2.41. The van der Waals surface area contributed by atoms with Gasteiger partial charge in [0.2, 0.25) is 5.91 Å². The molecule has 29 heavy (non-hydrogen) atoms. The lowest BCUT2D eigenvalue weighted by atomic mass is 10.1. The molecular weight excluding hydrogens is 426 g/mol. The van der Waals surface area contributed by atoms with E-state index in [2.05, 4.69) is 0 Å². The maximum Gasteiger partial charge on any atom is 0.416 e. The van der Waals surface area contributed by atoms with E-state index < -0.39 is 50.3 Å². The van der Waals surface area contributed by atoms with Gasteiger partial charge in [0, 0.05) is 6.42 Å². The van der Waals surface area contributed by atoms with Gasteiger partial charge in [0.05, 0.1) is 21.7 Å². The molecule has 2 aromatic carbocycles. The topological polar surface area (TPSA) is 80.5 Å². The van der Waals surface area contributed by atoms with Gasteiger partial charge < -0.3 is 5.73 Å². The number of para-hydroxylation sites is 1. The molecule has 12 heteroatoms. The van der Waals surface area contributed by atoms with Crippen LogP contribution in [0.4, 0.5) is 32.0 Å². The van der Waals surface area contributed by atoms with E-state index in [0.717, 1.165) is 0 Å². The number of fused-ring (bicyclic) bond motifs is 1. The Balaban J connectivity index is 2.25. The number of sulfonamides is 1. The quantitative estimate of drug-likeness (QED) is 0.747. The summed E-state index contributed by atoms with van der Waals surface area (Å²) in [6, 6.07) is 4.26. The molecule has 1 atom stereocenters. The Morgan fingerprint density at radius 3 is 1.97 bits per heavy atom. The number of carbonyl (C=O) groups excluding carboxylic acids is 1. The van der Waals surface area contributed by atoms with Crippen LogP contribution in [0.3, 0.4) is 0 Å². The second kappa shape index (κ2) is 6.65. The van der Waals surface area contributed by atoms with Crippen LogP contribution in [0.1, 0.15) is 16.7 Å². The van der Waals surface area contributed by atoms with Gasteiger partial charge in [-0.2, -0.15) is 26.3 Å². The molecule has 5 nitrogen and oxygen atoms in total. The van der Waals surface area contributed by atoms with Crippen LogP contribution in [0.2, 0.25) is 0 Å². The van der Waals surface area contributed by atoms with Crippen LogP contribution in [-0.4, -0.2) is 20.4 Å². The van der Waals surface area contributed by atoms with E-state index >= 15 is 0 Å². The van der Waals surface area contributed by atoms with E-state index in [1.54, 1.807) is 6.07 Å². The third-order valence-electron chi connectivity index (χ3n) is 4.37. The zero-order chi connectivity index (χ0) is 21.8. The minimum absolute atomic E-state index is 0.0396. The van der Waals surface area contributed by atoms with Crippen molar-refractivity contribution in [2.24, 2.45) is 5.73 Å². The number of nitrogens with two attached hydrogens (primary N) is 1. The van der Waals surface area contributed by atoms with Crippen LogP contribution in [-0.2, 0) is 33.6 Å². The molecule has 0 aliphatic carbocycles. The van der Waals surface area contributed by atoms with Gasteiger partial charge >= 0.3 is 12.4 Å². The zero-order valence-electron chi connectivity index (χ0n) is 14.3. The number of halogens is 6. The molecule has 2 N–H and O–H groups in total. The van der Waals surface area contributed by atoms with E-state index in [9.17, 15) is 39.6 Å². The molecule has 0 radical (unpaired) electrons. The molecular formula is C17H12F6N2O3S. The third-order valence-corrected chi connectivity index (χ3v) is 6.17. The Bertz CT molecular complexity index is 1050. The zero-order valence-corrected chi connectivity index (χ0v) is 15.1. The first-order valence-electron chi connectivity index (χ1n) is 7.94. The molecule has 0 saturated heterocycles. The van der Waals surface area contributed by atoms with E-state index in [1.807, 2.05) is 0 Å². The van der Waals surface area contributed by atoms with Gasteiger partial charge in [0.1, 0.15) is 6.04 Å². The lowest BCUT2D eigenvalue weighted by Crippen LogP contribution is -2.46. The van der Waals surface area contributed by atoms with Gasteiger partial charge in [-0.05, 0) is 29.8 Å². The van der Waals surface area contributed by atoms with Crippen LogP contribution >= 0.6 is 0 Å². The van der Waals surface area contributed by atoms with Crippen molar-refractivity contribution in [1.29, 1.82) is 0 Å². The van der Waals surface area contributed by atoms with Crippen molar-refractivity contribution in [3.8, 4) is 0 Å². The molecule has 1 amide bonds. The number of nitrogens with zero attached hydrogens (tertiary/aromatic N) is 1. The summed E-state index contributed by atoms with van der Waals surface area (Å²) in [4.78, 5) is 10.5. The molecule has 1 aliphatic rings. The molecule has 0 fully saturated rings. The minimum Gasteiger partial charge on any atom is -0.368 e. The maximum absolute atomic E-state index is 13.1. The number of hydrogen-bond donors (Lipinski definition) is 1. The predicted octanol–water partition coefficient (Wildman–Crippen LogP) is 3.33. The molecule has 2 aromatic rings. The number of amides is 1. The summed E-state index contributed by atoms with van der Waals surface area (Å²) in [6.45, 7) is 0. The average molecular weight is 438 g/mol. The third kappa shape index (κ3) is 3.76. The van der Waals surface area contributed by atoms with Crippen LogP contribution in [0, 0.1) is 0 Å². The fraction of sp³-hybridized carbons (Fsp3) is 0.235. The maximum atomic E-state index is 13.1. The summed E-state index contributed by atoms with van der Waals surface area (Å²) >= 11 is 0. The molecule has 3 rings (SSSR count). The Morgan fingerprint density at radius 2 is 1.48 bits per heavy atom. The van der Waals surface area contributed by atoms with E-state index in [4.69, 9.17) is 5.73 Å². The average Bonchev–Trinajstić information content (AvgIpc) is 3.00. The van der Waals surface area contributed by atoms with Crippen molar-refractivity contribution in [2.75, 3.05) is 4.31 Å². The normalized spacial score (nSPS) is 17.3. The van der Waals surface area contributed by atoms with Gasteiger partial charge in [-0.25, -0.2) is 8.42 Å². The monoisotopic (exact) mass is 438 g/mol. The number of rotatable bonds is 3. The molecule has 0 saturated carbocycles. The Labute approximate surface area is 160 Å². The van der Waals surface area contributed by atoms with Crippen LogP contribution in [0.25, 0.3) is 0 Å². The first kappa shape index (κ1) is 21.0. The number of benzene rings is 2. The van der Waals surface area contributed by atoms with Gasteiger partial charge in [-0.1, -0.05) is 18.2 Å². The molecule has 1 aliphatic heterocycles. The summed E-state index contributed by atoms with van der Waals surface area (Å²) in [7, 11) is -4.98. The molecule has 0 aromatic heterocycles. The van der Waals surface area contributed by atoms with Crippen LogP contribution in [0.5, 0.6) is 0 Å². The Morgan fingerprint density at radius 1 is 0.966 bits per heavy atom. The number of anilines is 1. The van der Waals surface area contributed by atoms with Crippen LogP contribution in [0.15, 0.2) is 47.4 Å². The summed E-state index contributed by atoms with van der Waals surface area (Å²) in [5.41, 5.74) is 1.99. The number of alkyl halides is 6. The standard InChI is InChI=1S/C17H12F6N2O3S/c18-16(19,20)10-6-11(17(21,22)23)8-12(7-10)29(27,28)25-13-4-2-1-3-9(13)5-14(25)15(24)26/h1-4,6-8,14H,5H2,(H2,24,26)/t14-/m0/s1. The van der Waals surface area contributed by atoms with E-state index in [0.29, 0.717) is 9.87 Å². The highest BCUT2D eigenvalue weighted by molar-refractivity contribution is 7.93. The first-order chi connectivity index (χ1) is 13.2. The van der Waals surface area contributed by atoms with Crippen molar-refractivity contribution < 1.29 is 39.6 Å². The highest BCUT2D eigenvalue weighted by atomic mass is 32.2. The first-order valence-corrected chi connectivity index (χ1v) is 9.38. The van der Waals surface area contributed by atoms with Crippen molar-refractivity contribution in [1.82, 2.24) is 0 Å². The van der Waals surface area contributed by atoms with Crippen molar-refractivity contribution in [3.63, 3.8) is 0 Å². The predicted molar refractivity (Wildman–Crippen MR) is 89.2 cm³/mol. The molecule has 0 unspecified atom stereocenters. The highest BCUT2D eigenvalue weighted by Gasteiger charge is 2.44. The summed E-state index contributed by atoms with van der Waals surface area (Å²) < 4.78 is 105.